The summed E-state index contributed by atoms with van der Waals surface area (Å²) in [5.41, 5.74) is 0.916. The van der Waals surface area contributed by atoms with Gasteiger partial charge in [0.25, 0.3) is 0 Å². The first-order valence-electron chi connectivity index (χ1n) is 4.09. The van der Waals surface area contributed by atoms with E-state index in [-0.39, 0.29) is 6.61 Å². The predicted octanol–water partition coefficient (Wildman–Crippen LogP) is 0.323. The molecule has 4 heteroatoms. The maximum atomic E-state index is 8.57. The highest BCUT2D eigenvalue weighted by Crippen LogP contribution is 1.84. The van der Waals surface area contributed by atoms with Crippen LogP contribution >= 0.6 is 0 Å². The van der Waals surface area contributed by atoms with Crippen LogP contribution in [0.5, 0.6) is 0 Å². The molecule has 0 aliphatic rings. The second kappa shape index (κ2) is 7.06. The van der Waals surface area contributed by atoms with Crippen LogP contribution in [0.15, 0.2) is 5.16 Å². The molecule has 0 aromatic carbocycles. The summed E-state index contributed by atoms with van der Waals surface area (Å²) in [7, 11) is 1.93. The van der Waals surface area contributed by atoms with E-state index >= 15 is 0 Å². The zero-order chi connectivity index (χ0) is 9.40. The molecular weight excluding hydrogens is 156 g/mol. The minimum Gasteiger partial charge on any atom is -0.395 e. The molecule has 0 saturated carbocycles. The van der Waals surface area contributed by atoms with Gasteiger partial charge in [0, 0.05) is 13.1 Å². The largest absolute Gasteiger partial charge is 0.395 e. The van der Waals surface area contributed by atoms with Gasteiger partial charge in [-0.25, -0.2) is 0 Å². The lowest BCUT2D eigenvalue weighted by molar-refractivity contribution is 0.111. The number of hydrogen-bond donors (Lipinski definition) is 1. The van der Waals surface area contributed by atoms with Crippen molar-refractivity contribution in [2.24, 2.45) is 5.16 Å². The summed E-state index contributed by atoms with van der Waals surface area (Å²) in [6, 6.07) is 0. The third-order valence-corrected chi connectivity index (χ3v) is 1.29. The normalized spacial score (nSPS) is 10.1. The molecule has 12 heavy (non-hydrogen) atoms. The molecule has 1 N–H and O–H groups in total. The first-order chi connectivity index (χ1) is 5.66. The van der Waals surface area contributed by atoms with Gasteiger partial charge in [-0.1, -0.05) is 5.16 Å². The monoisotopic (exact) mass is 174 g/mol. The van der Waals surface area contributed by atoms with Gasteiger partial charge < -0.3 is 14.8 Å². The van der Waals surface area contributed by atoms with E-state index in [2.05, 4.69) is 5.16 Å². The topological polar surface area (TPSA) is 45.1 Å². The van der Waals surface area contributed by atoms with Crippen LogP contribution < -0.4 is 0 Å². The number of likely N-dealkylation sites (N-methyl/N-ethyl adjacent to an activating group) is 1. The van der Waals surface area contributed by atoms with E-state index in [1.165, 1.54) is 0 Å². The third kappa shape index (κ3) is 7.50. The summed E-state index contributed by atoms with van der Waals surface area (Å²) in [5, 5.41) is 12.4. The molecule has 0 amide bonds. The van der Waals surface area contributed by atoms with E-state index in [0.717, 1.165) is 12.3 Å². The zero-order valence-electron chi connectivity index (χ0n) is 8.08. The average molecular weight is 174 g/mol. The highest BCUT2D eigenvalue weighted by atomic mass is 16.6. The molecule has 0 aromatic rings. The van der Waals surface area contributed by atoms with Crippen LogP contribution in [0, 0.1) is 0 Å². The van der Waals surface area contributed by atoms with Gasteiger partial charge in [-0.15, -0.1) is 0 Å². The van der Waals surface area contributed by atoms with E-state index < -0.39 is 0 Å². The number of oxime groups is 1. The minimum absolute atomic E-state index is 0.187. The maximum absolute atomic E-state index is 8.57. The lowest BCUT2D eigenvalue weighted by Gasteiger charge is -2.13. The molecular formula is C8H18N2O2. The molecule has 4 nitrogen and oxygen atoms in total. The van der Waals surface area contributed by atoms with Crippen molar-refractivity contribution in [3.05, 3.63) is 0 Å². The Bertz CT molecular complexity index is 133. The molecule has 0 radical (unpaired) electrons. The second-order valence-corrected chi connectivity index (χ2v) is 2.90. The predicted molar refractivity (Wildman–Crippen MR) is 49.3 cm³/mol. The van der Waals surface area contributed by atoms with Gasteiger partial charge in [0.15, 0.2) is 0 Å². The van der Waals surface area contributed by atoms with Gasteiger partial charge in [0.1, 0.15) is 6.61 Å². The molecule has 0 atom stereocenters. The summed E-state index contributed by atoms with van der Waals surface area (Å²) in [6.07, 6.45) is 0. The van der Waals surface area contributed by atoms with Crippen molar-refractivity contribution in [1.82, 2.24) is 4.90 Å². The van der Waals surface area contributed by atoms with Crippen LogP contribution in [-0.4, -0.2) is 49.1 Å². The Morgan fingerprint density at radius 1 is 1.42 bits per heavy atom. The molecule has 0 aliphatic carbocycles. The first kappa shape index (κ1) is 11.4. The van der Waals surface area contributed by atoms with Crippen molar-refractivity contribution in [3.63, 3.8) is 0 Å². The molecule has 0 bridgehead atoms. The van der Waals surface area contributed by atoms with Crippen molar-refractivity contribution in [2.75, 3.05) is 33.4 Å². The molecule has 0 saturated heterocycles. The van der Waals surface area contributed by atoms with Gasteiger partial charge in [-0.2, -0.15) is 0 Å². The average Bonchev–Trinajstić information content (AvgIpc) is 1.98. The van der Waals surface area contributed by atoms with Crippen molar-refractivity contribution in [3.8, 4) is 0 Å². The zero-order valence-corrected chi connectivity index (χ0v) is 8.08. The number of aliphatic hydroxyl groups excluding tert-OH is 1. The number of aliphatic hydroxyl groups is 1. The Morgan fingerprint density at radius 2 is 2.08 bits per heavy atom. The van der Waals surface area contributed by atoms with Crippen LogP contribution in [0.3, 0.4) is 0 Å². The Balaban J connectivity index is 3.25. The van der Waals surface area contributed by atoms with Gasteiger partial charge in [-0.05, 0) is 20.9 Å². The van der Waals surface area contributed by atoms with Crippen molar-refractivity contribution < 1.29 is 9.94 Å². The number of nitrogens with zero attached hydrogens (tertiary/aromatic N) is 2. The van der Waals surface area contributed by atoms with E-state index in [1.54, 1.807) is 0 Å². The molecule has 0 heterocycles. The van der Waals surface area contributed by atoms with E-state index in [9.17, 15) is 0 Å². The van der Waals surface area contributed by atoms with Gasteiger partial charge in [-0.3, -0.25) is 0 Å². The fourth-order valence-electron chi connectivity index (χ4n) is 0.654. The summed E-state index contributed by atoms with van der Waals surface area (Å²) in [6.45, 7) is 6.00. The van der Waals surface area contributed by atoms with Crippen molar-refractivity contribution in [1.29, 1.82) is 0 Å². The highest BCUT2D eigenvalue weighted by Gasteiger charge is 1.95. The van der Waals surface area contributed by atoms with E-state index in [4.69, 9.17) is 9.94 Å². The number of rotatable bonds is 6. The van der Waals surface area contributed by atoms with Crippen molar-refractivity contribution >= 4 is 5.71 Å². The minimum atomic E-state index is 0.187. The lowest BCUT2D eigenvalue weighted by atomic mass is 10.5. The summed E-state index contributed by atoms with van der Waals surface area (Å²) in [5.74, 6) is 0. The highest BCUT2D eigenvalue weighted by molar-refractivity contribution is 5.78. The Morgan fingerprint density at radius 3 is 2.58 bits per heavy atom. The second-order valence-electron chi connectivity index (χ2n) is 2.90. The van der Waals surface area contributed by atoms with Crippen molar-refractivity contribution in [2.45, 2.75) is 13.8 Å². The summed E-state index contributed by atoms with van der Waals surface area (Å²) in [4.78, 5) is 6.96. The lowest BCUT2D eigenvalue weighted by Crippen LogP contribution is -2.25. The molecule has 72 valence electrons. The molecule has 0 aliphatic heterocycles. The quantitative estimate of drug-likeness (QED) is 0.358. The summed E-state index contributed by atoms with van der Waals surface area (Å²) < 4.78 is 0. The fraction of sp³-hybridized carbons (Fsp3) is 0.875. The van der Waals surface area contributed by atoms with Gasteiger partial charge in [0.2, 0.25) is 0 Å². The molecule has 0 spiro atoms. The standard InChI is InChI=1S/C8H18N2O2/c1-8(2)9-12-7-5-10(3)4-6-11/h11H,4-7H2,1-3H3. The van der Waals surface area contributed by atoms with Crippen LogP contribution in [0.1, 0.15) is 13.8 Å². The number of hydrogen-bond acceptors (Lipinski definition) is 4. The van der Waals surface area contributed by atoms with E-state index in [1.807, 2.05) is 25.8 Å². The van der Waals surface area contributed by atoms with Crippen LogP contribution in [0.4, 0.5) is 0 Å². The Labute approximate surface area is 73.8 Å². The van der Waals surface area contributed by atoms with Gasteiger partial charge >= 0.3 is 0 Å². The first-order valence-corrected chi connectivity index (χ1v) is 4.09. The molecule has 0 rings (SSSR count). The maximum Gasteiger partial charge on any atom is 0.129 e. The summed E-state index contributed by atoms with van der Waals surface area (Å²) >= 11 is 0. The Hall–Kier alpha value is -0.610. The molecule has 0 fully saturated rings. The smallest absolute Gasteiger partial charge is 0.129 e. The van der Waals surface area contributed by atoms with Crippen LogP contribution in [0.25, 0.3) is 0 Å². The SMILES string of the molecule is CC(C)=NOCCN(C)CCO. The Kier molecular flexibility index (Phi) is 6.70. The molecule has 0 aromatic heterocycles. The van der Waals surface area contributed by atoms with Gasteiger partial charge in [0.05, 0.1) is 12.3 Å². The van der Waals surface area contributed by atoms with E-state index in [0.29, 0.717) is 13.2 Å². The van der Waals surface area contributed by atoms with Crippen LogP contribution in [-0.2, 0) is 4.84 Å². The molecule has 0 unspecified atom stereocenters. The van der Waals surface area contributed by atoms with Crippen LogP contribution in [0.2, 0.25) is 0 Å². The third-order valence-electron chi connectivity index (χ3n) is 1.29. The fourth-order valence-corrected chi connectivity index (χ4v) is 0.654.